The molecule has 0 radical (unpaired) electrons. The van der Waals surface area contributed by atoms with Crippen molar-refractivity contribution in [1.82, 2.24) is 0 Å². The number of esters is 2. The van der Waals surface area contributed by atoms with Crippen molar-refractivity contribution in [1.29, 1.82) is 0 Å². The zero-order chi connectivity index (χ0) is 24.2. The number of thiophene rings is 1. The van der Waals surface area contributed by atoms with Crippen LogP contribution in [0.1, 0.15) is 39.7 Å². The van der Waals surface area contributed by atoms with Gasteiger partial charge in [0.15, 0.2) is 13.2 Å². The zero-order valence-electron chi connectivity index (χ0n) is 18.7. The lowest BCUT2D eigenvalue weighted by Crippen LogP contribution is -2.24. The van der Waals surface area contributed by atoms with E-state index in [0.717, 1.165) is 40.7 Å². The van der Waals surface area contributed by atoms with Crippen molar-refractivity contribution in [3.8, 4) is 5.75 Å². The Kier molecular flexibility index (Phi) is 6.97. The maximum atomic E-state index is 12.4. The molecule has 4 rings (SSSR count). The van der Waals surface area contributed by atoms with Gasteiger partial charge < -0.3 is 23.9 Å². The van der Waals surface area contributed by atoms with Gasteiger partial charge in [-0.25, -0.2) is 14.4 Å². The van der Waals surface area contributed by atoms with Gasteiger partial charge in [0.1, 0.15) is 16.3 Å². The maximum absolute atomic E-state index is 12.4. The second kappa shape index (κ2) is 10.1. The molecule has 1 aliphatic carbocycles. The van der Waals surface area contributed by atoms with E-state index in [0.29, 0.717) is 21.9 Å². The minimum absolute atomic E-state index is 0.234. The molecule has 0 saturated carbocycles. The molecule has 0 bridgehead atoms. The third-order valence-electron chi connectivity index (χ3n) is 5.30. The highest BCUT2D eigenvalue weighted by molar-refractivity contribution is 7.17. The van der Waals surface area contributed by atoms with Gasteiger partial charge in [-0.2, -0.15) is 0 Å². The summed E-state index contributed by atoms with van der Waals surface area (Å²) in [6.45, 7) is 2.78. The number of rotatable bonds is 8. The molecule has 0 saturated heterocycles. The number of benzene rings is 1. The number of aryl methyl sites for hydroxylation is 2. The molecule has 0 fully saturated rings. The van der Waals surface area contributed by atoms with Crippen LogP contribution >= 0.6 is 11.3 Å². The SMILES string of the molecule is CCOC(=O)c1c(NC(=O)COC(=O)COc2ccc3c(C)cc(=O)oc3c2)sc2c1CCC2. The smallest absolute Gasteiger partial charge is 0.344 e. The summed E-state index contributed by atoms with van der Waals surface area (Å²) in [6, 6.07) is 6.27. The van der Waals surface area contributed by atoms with E-state index in [2.05, 4.69) is 5.32 Å². The normalized spacial score (nSPS) is 12.3. The van der Waals surface area contributed by atoms with Gasteiger partial charge in [-0.3, -0.25) is 4.79 Å². The van der Waals surface area contributed by atoms with Gasteiger partial charge >= 0.3 is 17.6 Å². The summed E-state index contributed by atoms with van der Waals surface area (Å²) in [5.41, 5.74) is 1.95. The second-order valence-electron chi connectivity index (χ2n) is 7.69. The minimum atomic E-state index is -0.750. The average Bonchev–Trinajstić information content (AvgIpc) is 3.36. The van der Waals surface area contributed by atoms with Crippen LogP contribution in [0.25, 0.3) is 11.0 Å². The molecule has 0 atom stereocenters. The molecule has 1 aromatic carbocycles. The highest BCUT2D eigenvalue weighted by Gasteiger charge is 2.28. The fourth-order valence-corrected chi connectivity index (χ4v) is 5.09. The zero-order valence-corrected chi connectivity index (χ0v) is 19.5. The van der Waals surface area contributed by atoms with Gasteiger partial charge in [-0.1, -0.05) is 0 Å². The molecular formula is C24H23NO8S. The van der Waals surface area contributed by atoms with Gasteiger partial charge in [0.2, 0.25) is 0 Å². The van der Waals surface area contributed by atoms with Gasteiger partial charge in [-0.15, -0.1) is 11.3 Å². The van der Waals surface area contributed by atoms with Crippen LogP contribution in [0.2, 0.25) is 0 Å². The summed E-state index contributed by atoms with van der Waals surface area (Å²) >= 11 is 1.35. The van der Waals surface area contributed by atoms with Gasteiger partial charge in [0, 0.05) is 22.4 Å². The van der Waals surface area contributed by atoms with E-state index in [1.54, 1.807) is 26.0 Å². The molecule has 9 nitrogen and oxygen atoms in total. The Morgan fingerprint density at radius 3 is 2.74 bits per heavy atom. The van der Waals surface area contributed by atoms with Crippen LogP contribution in [0.3, 0.4) is 0 Å². The number of hydrogen-bond donors (Lipinski definition) is 1. The van der Waals surface area contributed by atoms with E-state index < -0.39 is 36.7 Å². The number of carbonyl (C=O) groups is 3. The lowest BCUT2D eigenvalue weighted by atomic mass is 10.1. The largest absolute Gasteiger partial charge is 0.482 e. The van der Waals surface area contributed by atoms with Crippen LogP contribution in [0.15, 0.2) is 33.5 Å². The number of nitrogens with one attached hydrogen (secondary N) is 1. The van der Waals surface area contributed by atoms with Crippen molar-refractivity contribution in [3.05, 3.63) is 56.3 Å². The van der Waals surface area contributed by atoms with Crippen LogP contribution in [-0.4, -0.2) is 37.7 Å². The van der Waals surface area contributed by atoms with Crippen LogP contribution in [0, 0.1) is 6.92 Å². The Bertz CT molecular complexity index is 1320. The first-order valence-corrected chi connectivity index (χ1v) is 11.6. The van der Waals surface area contributed by atoms with Gasteiger partial charge in [0.05, 0.1) is 12.2 Å². The molecule has 178 valence electrons. The first-order chi connectivity index (χ1) is 16.4. The van der Waals surface area contributed by atoms with Crippen molar-refractivity contribution >= 4 is 45.2 Å². The fraction of sp³-hybridized carbons (Fsp3) is 0.333. The molecule has 0 aliphatic heterocycles. The summed E-state index contributed by atoms with van der Waals surface area (Å²) in [4.78, 5) is 49.4. The van der Waals surface area contributed by atoms with Crippen molar-refractivity contribution in [2.75, 3.05) is 25.1 Å². The number of anilines is 1. The Hall–Kier alpha value is -3.66. The first-order valence-electron chi connectivity index (χ1n) is 10.8. The Morgan fingerprint density at radius 1 is 1.12 bits per heavy atom. The predicted molar refractivity (Wildman–Crippen MR) is 125 cm³/mol. The number of ether oxygens (including phenoxy) is 3. The Labute approximate surface area is 198 Å². The number of carbonyl (C=O) groups excluding carboxylic acids is 3. The van der Waals surface area contributed by atoms with E-state index in [-0.39, 0.29) is 6.61 Å². The standard InChI is InChI=1S/C24H23NO8S/c1-3-30-24(29)22-16-5-4-6-18(16)34-23(22)25-19(26)11-32-21(28)12-31-14-7-8-15-13(2)9-20(27)33-17(15)10-14/h7-10H,3-6,11-12H2,1-2H3,(H,25,26). The lowest BCUT2D eigenvalue weighted by molar-refractivity contribution is -0.149. The lowest BCUT2D eigenvalue weighted by Gasteiger charge is -2.09. The van der Waals surface area contributed by atoms with Crippen LogP contribution in [-0.2, 0) is 31.9 Å². The molecule has 34 heavy (non-hydrogen) atoms. The topological polar surface area (TPSA) is 121 Å². The predicted octanol–water partition coefficient (Wildman–Crippen LogP) is 3.39. The molecule has 0 unspecified atom stereocenters. The van der Waals surface area contributed by atoms with Crippen molar-refractivity contribution in [2.45, 2.75) is 33.1 Å². The van der Waals surface area contributed by atoms with Crippen LogP contribution in [0.4, 0.5) is 5.00 Å². The van der Waals surface area contributed by atoms with E-state index >= 15 is 0 Å². The number of hydrogen-bond acceptors (Lipinski definition) is 9. The third kappa shape index (κ3) is 5.12. The molecule has 1 N–H and O–H groups in total. The van der Waals surface area contributed by atoms with Crippen molar-refractivity contribution < 1.29 is 33.0 Å². The third-order valence-corrected chi connectivity index (χ3v) is 6.50. The number of fused-ring (bicyclic) bond motifs is 2. The highest BCUT2D eigenvalue weighted by Crippen LogP contribution is 2.39. The quantitative estimate of drug-likeness (QED) is 0.381. The monoisotopic (exact) mass is 485 g/mol. The maximum Gasteiger partial charge on any atom is 0.344 e. The fourth-order valence-electron chi connectivity index (χ4n) is 3.80. The van der Waals surface area contributed by atoms with Crippen LogP contribution < -0.4 is 15.7 Å². The van der Waals surface area contributed by atoms with E-state index in [9.17, 15) is 19.2 Å². The van der Waals surface area contributed by atoms with Crippen LogP contribution in [0.5, 0.6) is 5.75 Å². The van der Waals surface area contributed by atoms with E-state index in [1.165, 1.54) is 23.5 Å². The molecule has 3 aromatic rings. The highest BCUT2D eigenvalue weighted by atomic mass is 32.1. The van der Waals surface area contributed by atoms with Crippen molar-refractivity contribution in [3.63, 3.8) is 0 Å². The first kappa shape index (κ1) is 23.5. The summed E-state index contributed by atoms with van der Waals surface area (Å²) in [5, 5.41) is 3.83. The Balaban J connectivity index is 1.32. The van der Waals surface area contributed by atoms with Gasteiger partial charge in [0.25, 0.3) is 5.91 Å². The minimum Gasteiger partial charge on any atom is -0.482 e. The molecule has 1 aliphatic rings. The molecular weight excluding hydrogens is 462 g/mol. The van der Waals surface area contributed by atoms with E-state index in [4.69, 9.17) is 18.6 Å². The summed E-state index contributed by atoms with van der Waals surface area (Å²) in [7, 11) is 0. The number of amides is 1. The summed E-state index contributed by atoms with van der Waals surface area (Å²) in [6.07, 6.45) is 2.58. The Morgan fingerprint density at radius 2 is 1.94 bits per heavy atom. The molecule has 10 heteroatoms. The summed E-state index contributed by atoms with van der Waals surface area (Å²) in [5.74, 6) is -1.47. The average molecular weight is 486 g/mol. The second-order valence-corrected chi connectivity index (χ2v) is 8.79. The van der Waals surface area contributed by atoms with E-state index in [1.807, 2.05) is 0 Å². The summed E-state index contributed by atoms with van der Waals surface area (Å²) < 4.78 is 20.7. The molecule has 1 amide bonds. The molecule has 2 aromatic heterocycles. The molecule has 2 heterocycles. The molecule has 0 spiro atoms. The van der Waals surface area contributed by atoms with Gasteiger partial charge in [-0.05, 0) is 56.4 Å². The van der Waals surface area contributed by atoms with Crippen molar-refractivity contribution in [2.24, 2.45) is 0 Å².